The minimum absolute atomic E-state index is 0.000525. The standard InChI is InChI=1S/C25H27FN6O3/c1-15-13-18-19(30-15)7-8-20(22(18)26)35-25-21(24(33)27-2)23(28-14-29-25)31-16-3-5-17(6-4-16)32-9-11-34-12-10-32/h3-8,13-14,24,27,30,33H,9-12H2,1-2H3,(H,28,29,31). The van der Waals surface area contributed by atoms with Gasteiger partial charge in [-0.2, -0.15) is 0 Å². The molecular formula is C25H27FN6O3. The van der Waals surface area contributed by atoms with E-state index >= 15 is 4.39 Å². The summed E-state index contributed by atoms with van der Waals surface area (Å²) in [5, 5.41) is 17.1. The number of nitrogens with one attached hydrogen (secondary N) is 3. The second kappa shape index (κ2) is 9.87. The number of benzene rings is 2. The van der Waals surface area contributed by atoms with Gasteiger partial charge in [-0.1, -0.05) is 0 Å². The highest BCUT2D eigenvalue weighted by Crippen LogP contribution is 2.35. The molecule has 3 heterocycles. The summed E-state index contributed by atoms with van der Waals surface area (Å²) in [7, 11) is 1.59. The molecule has 0 saturated carbocycles. The first-order chi connectivity index (χ1) is 17.0. The second-order valence-electron chi connectivity index (χ2n) is 8.30. The molecule has 5 rings (SSSR count). The Morgan fingerprint density at radius 3 is 2.66 bits per heavy atom. The van der Waals surface area contributed by atoms with Gasteiger partial charge in [0.1, 0.15) is 23.9 Å². The molecule has 0 aliphatic carbocycles. The van der Waals surface area contributed by atoms with E-state index < -0.39 is 12.0 Å². The van der Waals surface area contributed by atoms with Gasteiger partial charge in [0.2, 0.25) is 5.88 Å². The Kier molecular flexibility index (Phi) is 6.49. The van der Waals surface area contributed by atoms with Crippen molar-refractivity contribution in [3.8, 4) is 11.6 Å². The van der Waals surface area contributed by atoms with E-state index in [0.29, 0.717) is 29.9 Å². The summed E-state index contributed by atoms with van der Waals surface area (Å²) < 4.78 is 26.4. The molecule has 1 aliphatic rings. The van der Waals surface area contributed by atoms with Crippen LogP contribution in [-0.2, 0) is 4.74 Å². The number of rotatable bonds is 7. The van der Waals surface area contributed by atoms with E-state index in [1.54, 1.807) is 19.2 Å². The van der Waals surface area contributed by atoms with Crippen molar-refractivity contribution in [3.63, 3.8) is 0 Å². The van der Waals surface area contributed by atoms with E-state index in [-0.39, 0.29) is 17.2 Å². The quantitative estimate of drug-likeness (QED) is 0.296. The average molecular weight is 479 g/mol. The third-order valence-corrected chi connectivity index (χ3v) is 5.94. The van der Waals surface area contributed by atoms with Crippen molar-refractivity contribution in [1.29, 1.82) is 0 Å². The summed E-state index contributed by atoms with van der Waals surface area (Å²) in [5.41, 5.74) is 3.65. The van der Waals surface area contributed by atoms with Crippen LogP contribution in [0.4, 0.5) is 21.6 Å². The van der Waals surface area contributed by atoms with E-state index in [1.165, 1.54) is 12.4 Å². The number of morpholine rings is 1. The number of halogens is 1. The lowest BCUT2D eigenvalue weighted by Gasteiger charge is -2.29. The van der Waals surface area contributed by atoms with Gasteiger partial charge in [0.05, 0.1) is 13.2 Å². The normalized spacial score (nSPS) is 14.8. The molecule has 1 fully saturated rings. The number of ether oxygens (including phenoxy) is 2. The van der Waals surface area contributed by atoms with Gasteiger partial charge in [0.15, 0.2) is 11.6 Å². The lowest BCUT2D eigenvalue weighted by Crippen LogP contribution is -2.36. The van der Waals surface area contributed by atoms with E-state index in [1.807, 2.05) is 31.2 Å². The molecule has 2 aromatic carbocycles. The fourth-order valence-electron chi connectivity index (χ4n) is 4.14. The SMILES string of the molecule is CNC(O)c1c(Nc2ccc(N3CCOCC3)cc2)ncnc1Oc1ccc2[nH]c(C)cc2c1F. The zero-order chi connectivity index (χ0) is 24.4. The fourth-order valence-corrected chi connectivity index (χ4v) is 4.14. The summed E-state index contributed by atoms with van der Waals surface area (Å²) in [6.07, 6.45) is 0.158. The molecule has 0 spiro atoms. The summed E-state index contributed by atoms with van der Waals surface area (Å²) in [6, 6.07) is 12.9. The average Bonchev–Trinajstić information content (AvgIpc) is 3.28. The number of aromatic amines is 1. The van der Waals surface area contributed by atoms with Crippen molar-refractivity contribution in [2.75, 3.05) is 43.6 Å². The highest BCUT2D eigenvalue weighted by Gasteiger charge is 2.22. The number of aryl methyl sites for hydroxylation is 1. The minimum atomic E-state index is -1.15. The third kappa shape index (κ3) is 4.76. The molecule has 0 radical (unpaired) electrons. The van der Waals surface area contributed by atoms with Crippen molar-refractivity contribution in [2.24, 2.45) is 0 Å². The lowest BCUT2D eigenvalue weighted by atomic mass is 10.2. The number of H-pyrrole nitrogens is 1. The van der Waals surface area contributed by atoms with Crippen LogP contribution in [0.15, 0.2) is 48.8 Å². The fraction of sp³-hybridized carbons (Fsp3) is 0.280. The molecule has 1 aliphatic heterocycles. The van der Waals surface area contributed by atoms with E-state index in [2.05, 4.69) is 30.5 Å². The first-order valence-electron chi connectivity index (χ1n) is 11.4. The van der Waals surface area contributed by atoms with Crippen molar-refractivity contribution in [2.45, 2.75) is 13.2 Å². The number of fused-ring (bicyclic) bond motifs is 1. The van der Waals surface area contributed by atoms with Gasteiger partial charge in [-0.3, -0.25) is 5.32 Å². The van der Waals surface area contributed by atoms with Crippen molar-refractivity contribution in [1.82, 2.24) is 20.3 Å². The Morgan fingerprint density at radius 2 is 1.91 bits per heavy atom. The van der Waals surface area contributed by atoms with Crippen molar-refractivity contribution < 1.29 is 19.0 Å². The molecule has 0 bridgehead atoms. The Morgan fingerprint density at radius 1 is 1.14 bits per heavy atom. The van der Waals surface area contributed by atoms with Crippen LogP contribution in [0, 0.1) is 12.7 Å². The molecule has 4 aromatic rings. The van der Waals surface area contributed by atoms with Gasteiger partial charge in [-0.05, 0) is 56.4 Å². The third-order valence-electron chi connectivity index (χ3n) is 5.94. The molecular weight excluding hydrogens is 451 g/mol. The number of nitrogens with zero attached hydrogens (tertiary/aromatic N) is 3. The number of anilines is 3. The number of aliphatic hydroxyl groups excluding tert-OH is 1. The zero-order valence-electron chi connectivity index (χ0n) is 19.5. The summed E-state index contributed by atoms with van der Waals surface area (Å²) in [6.45, 7) is 4.99. The van der Waals surface area contributed by atoms with Crippen LogP contribution in [0.5, 0.6) is 11.6 Å². The van der Waals surface area contributed by atoms with Crippen LogP contribution in [0.3, 0.4) is 0 Å². The number of aromatic nitrogens is 3. The van der Waals surface area contributed by atoms with Crippen LogP contribution >= 0.6 is 0 Å². The molecule has 182 valence electrons. The first kappa shape index (κ1) is 23.0. The Balaban J connectivity index is 1.43. The van der Waals surface area contributed by atoms with Crippen LogP contribution in [-0.4, -0.2) is 53.4 Å². The van der Waals surface area contributed by atoms with Gasteiger partial charge < -0.3 is 29.8 Å². The highest BCUT2D eigenvalue weighted by atomic mass is 19.1. The van der Waals surface area contributed by atoms with Crippen molar-refractivity contribution in [3.05, 3.63) is 65.9 Å². The van der Waals surface area contributed by atoms with Gasteiger partial charge in [0.25, 0.3) is 0 Å². The maximum atomic E-state index is 15.1. The molecule has 1 atom stereocenters. The van der Waals surface area contributed by atoms with Gasteiger partial charge in [-0.25, -0.2) is 14.4 Å². The lowest BCUT2D eigenvalue weighted by molar-refractivity contribution is 0.122. The minimum Gasteiger partial charge on any atom is -0.435 e. The smallest absolute Gasteiger partial charge is 0.231 e. The van der Waals surface area contributed by atoms with Crippen LogP contribution < -0.4 is 20.3 Å². The van der Waals surface area contributed by atoms with Crippen LogP contribution in [0.2, 0.25) is 0 Å². The van der Waals surface area contributed by atoms with E-state index in [4.69, 9.17) is 9.47 Å². The maximum absolute atomic E-state index is 15.1. The van der Waals surface area contributed by atoms with E-state index in [9.17, 15) is 5.11 Å². The topological polar surface area (TPSA) is 108 Å². The van der Waals surface area contributed by atoms with Gasteiger partial charge in [0, 0.05) is 41.1 Å². The molecule has 2 aromatic heterocycles. The Bertz CT molecular complexity index is 1320. The molecule has 35 heavy (non-hydrogen) atoms. The second-order valence-corrected chi connectivity index (χ2v) is 8.30. The summed E-state index contributed by atoms with van der Waals surface area (Å²) in [5.74, 6) is -0.126. The predicted molar refractivity (Wildman–Crippen MR) is 132 cm³/mol. The Labute approximate surface area is 201 Å². The van der Waals surface area contributed by atoms with Crippen molar-refractivity contribution >= 4 is 28.1 Å². The number of aliphatic hydroxyl groups is 1. The van der Waals surface area contributed by atoms with Crippen LogP contribution in [0.1, 0.15) is 17.5 Å². The van der Waals surface area contributed by atoms with E-state index in [0.717, 1.165) is 30.2 Å². The molecule has 1 unspecified atom stereocenters. The van der Waals surface area contributed by atoms with Gasteiger partial charge in [-0.15, -0.1) is 0 Å². The number of hydrogen-bond donors (Lipinski definition) is 4. The summed E-state index contributed by atoms with van der Waals surface area (Å²) in [4.78, 5) is 13.8. The molecule has 10 heteroatoms. The highest BCUT2D eigenvalue weighted by molar-refractivity contribution is 5.82. The largest absolute Gasteiger partial charge is 0.435 e. The molecule has 1 saturated heterocycles. The van der Waals surface area contributed by atoms with Crippen LogP contribution in [0.25, 0.3) is 10.9 Å². The van der Waals surface area contributed by atoms with Gasteiger partial charge >= 0.3 is 0 Å². The molecule has 9 nitrogen and oxygen atoms in total. The summed E-state index contributed by atoms with van der Waals surface area (Å²) >= 11 is 0. The Hall–Kier alpha value is -3.73. The monoisotopic (exact) mass is 478 g/mol. The number of hydrogen-bond acceptors (Lipinski definition) is 8. The maximum Gasteiger partial charge on any atom is 0.231 e. The first-order valence-corrected chi connectivity index (χ1v) is 11.4. The zero-order valence-corrected chi connectivity index (χ0v) is 19.5. The molecule has 4 N–H and O–H groups in total. The predicted octanol–water partition coefficient (Wildman–Crippen LogP) is 3.99. The molecule has 0 amide bonds.